The lowest BCUT2D eigenvalue weighted by molar-refractivity contribution is -0.181. The normalized spacial score (nSPS) is 40.7. The van der Waals surface area contributed by atoms with Crippen LogP contribution in [0.1, 0.15) is 82.8 Å². The summed E-state index contributed by atoms with van der Waals surface area (Å²) in [6, 6.07) is 12.0. The molecule has 2 aromatic rings. The summed E-state index contributed by atoms with van der Waals surface area (Å²) < 4.78 is 15.1. The SMILES string of the molecule is C[C@]12CC[C@H]3[C@]4(C=C[C@@]5(C=C4C(=O)Cc4c(F)cccc4Cl)CC(O)CC[C@]35C)[C@@H]1CC[C@@]2(O)CN1CCC(O)(c2ccc(Cl)cc2)CC1. The maximum atomic E-state index is 15.1. The van der Waals surface area contributed by atoms with E-state index in [0.717, 1.165) is 43.2 Å². The molecule has 1 aliphatic heterocycles. The van der Waals surface area contributed by atoms with Crippen molar-refractivity contribution in [1.82, 2.24) is 4.90 Å². The van der Waals surface area contributed by atoms with E-state index in [1.165, 1.54) is 6.07 Å². The Bertz CT molecular complexity index is 1720. The highest BCUT2D eigenvalue weighted by Gasteiger charge is 2.74. The van der Waals surface area contributed by atoms with E-state index in [1.54, 1.807) is 12.1 Å². The van der Waals surface area contributed by atoms with Crippen molar-refractivity contribution in [2.45, 2.75) is 95.4 Å². The van der Waals surface area contributed by atoms with Crippen LogP contribution in [0.3, 0.4) is 0 Å². The third-order valence-corrected chi connectivity index (χ3v) is 15.6. The molecule has 9 rings (SSSR count). The quantitative estimate of drug-likeness (QED) is 0.267. The zero-order chi connectivity index (χ0) is 34.6. The van der Waals surface area contributed by atoms with Gasteiger partial charge in [0.05, 0.1) is 17.3 Å². The van der Waals surface area contributed by atoms with E-state index in [4.69, 9.17) is 23.2 Å². The fraction of sp³-hybridized carbons (Fsp3) is 0.585. The molecule has 8 atom stereocenters. The van der Waals surface area contributed by atoms with E-state index < -0.39 is 39.4 Å². The Labute approximate surface area is 299 Å². The van der Waals surface area contributed by atoms with Crippen LogP contribution in [-0.4, -0.2) is 57.3 Å². The van der Waals surface area contributed by atoms with Crippen LogP contribution in [-0.2, 0) is 16.8 Å². The van der Waals surface area contributed by atoms with E-state index in [1.807, 2.05) is 24.3 Å². The van der Waals surface area contributed by atoms with Crippen LogP contribution in [0.15, 0.2) is 66.3 Å². The largest absolute Gasteiger partial charge is 0.393 e. The lowest BCUT2D eigenvalue weighted by Gasteiger charge is -2.71. The van der Waals surface area contributed by atoms with Gasteiger partial charge in [0.25, 0.3) is 0 Å². The molecular formula is C41H48Cl2FNO4. The van der Waals surface area contributed by atoms with Crippen molar-refractivity contribution in [2.75, 3.05) is 19.6 Å². The first-order chi connectivity index (χ1) is 23.2. The third kappa shape index (κ3) is 4.80. The average Bonchev–Trinajstić information content (AvgIpc) is 3.34. The van der Waals surface area contributed by atoms with E-state index in [0.29, 0.717) is 50.3 Å². The van der Waals surface area contributed by atoms with Gasteiger partial charge in [0.2, 0.25) is 0 Å². The van der Waals surface area contributed by atoms with Gasteiger partial charge in [-0.15, -0.1) is 0 Å². The maximum Gasteiger partial charge on any atom is 0.164 e. The molecule has 8 heteroatoms. The molecule has 3 saturated carbocycles. The topological polar surface area (TPSA) is 81.0 Å². The number of carbonyl (C=O) groups excluding carboxylic acids is 1. The molecule has 5 nitrogen and oxygen atoms in total. The summed E-state index contributed by atoms with van der Waals surface area (Å²) in [6.45, 7) is 6.48. The first kappa shape index (κ1) is 34.0. The molecule has 3 N–H and O–H groups in total. The smallest absolute Gasteiger partial charge is 0.164 e. The molecule has 2 bridgehead atoms. The minimum atomic E-state index is -0.973. The van der Waals surface area contributed by atoms with Gasteiger partial charge in [0, 0.05) is 63.5 Å². The molecule has 0 aromatic heterocycles. The van der Waals surface area contributed by atoms with Crippen LogP contribution in [0.25, 0.3) is 0 Å². The van der Waals surface area contributed by atoms with Gasteiger partial charge in [-0.25, -0.2) is 4.39 Å². The number of likely N-dealkylation sites (tertiary alicyclic amines) is 1. The molecular weight excluding hydrogens is 660 g/mol. The van der Waals surface area contributed by atoms with Crippen LogP contribution in [0, 0.1) is 39.3 Å². The molecule has 1 saturated heterocycles. The van der Waals surface area contributed by atoms with E-state index in [-0.39, 0.29) is 40.0 Å². The van der Waals surface area contributed by atoms with Crippen molar-refractivity contribution in [3.8, 4) is 0 Å². The molecule has 2 spiro atoms. The van der Waals surface area contributed by atoms with Gasteiger partial charge in [-0.3, -0.25) is 4.79 Å². The fourth-order valence-corrected chi connectivity index (χ4v) is 12.5. The molecule has 262 valence electrons. The number of nitrogens with zero attached hydrogens (tertiary/aromatic N) is 1. The molecule has 4 fully saturated rings. The monoisotopic (exact) mass is 707 g/mol. The molecule has 2 aromatic carbocycles. The van der Waals surface area contributed by atoms with Gasteiger partial charge in [0.15, 0.2) is 5.78 Å². The van der Waals surface area contributed by atoms with Gasteiger partial charge < -0.3 is 20.2 Å². The second-order valence-corrected chi connectivity index (χ2v) is 17.8. The Morgan fingerprint density at radius 1 is 0.898 bits per heavy atom. The summed E-state index contributed by atoms with van der Waals surface area (Å²) >= 11 is 12.6. The lowest BCUT2D eigenvalue weighted by Crippen LogP contribution is -2.67. The Kier molecular flexibility index (Phi) is 7.97. The van der Waals surface area contributed by atoms with Crippen LogP contribution in [0.5, 0.6) is 0 Å². The molecule has 0 radical (unpaired) electrons. The molecule has 49 heavy (non-hydrogen) atoms. The minimum absolute atomic E-state index is 0.0176. The standard InChI is InChI=1S/C41H48Cl2FNO4/c1-36-13-10-28(46)23-38(36)16-17-41(30(24-38)33(47)22-29-31(43)4-3-5-32(29)44)34(36)11-14-37(2)35(41)12-15-40(37,49)25-45-20-18-39(48,19-21-45)26-6-8-27(42)9-7-26/h3-9,16-17,24,28,34-35,46,48-49H,10-15,18-23,25H2,1-2H3/t28?,34-,35-,36-,37+,38+,40-,41-/m1/s1. The number of hydrogen-bond acceptors (Lipinski definition) is 5. The van der Waals surface area contributed by atoms with Crippen molar-refractivity contribution in [2.24, 2.45) is 33.5 Å². The number of piperidine rings is 1. The van der Waals surface area contributed by atoms with Crippen LogP contribution in [0.4, 0.5) is 4.39 Å². The predicted molar refractivity (Wildman–Crippen MR) is 190 cm³/mol. The minimum Gasteiger partial charge on any atom is -0.393 e. The number of ketones is 1. The van der Waals surface area contributed by atoms with Crippen molar-refractivity contribution in [3.05, 3.63) is 93.3 Å². The fourth-order valence-electron chi connectivity index (χ4n) is 12.1. The number of rotatable bonds is 6. The third-order valence-electron chi connectivity index (χ3n) is 15.0. The number of benzene rings is 2. The molecule has 1 unspecified atom stereocenters. The summed E-state index contributed by atoms with van der Waals surface area (Å²) in [5, 5.41) is 36.2. The van der Waals surface area contributed by atoms with Gasteiger partial charge in [-0.2, -0.15) is 0 Å². The Hall–Kier alpha value is -2.06. The van der Waals surface area contributed by atoms with Gasteiger partial charge in [-0.05, 0) is 105 Å². The number of hydrogen-bond donors (Lipinski definition) is 3. The number of β-amino-alcohol motifs (C(OH)–C–C–N with tert-alkyl or cyclic N) is 1. The maximum absolute atomic E-state index is 15.1. The summed E-state index contributed by atoms with van der Waals surface area (Å²) in [5.74, 6) is -0.400. The summed E-state index contributed by atoms with van der Waals surface area (Å²) in [7, 11) is 0. The van der Waals surface area contributed by atoms with Crippen molar-refractivity contribution >= 4 is 29.0 Å². The molecule has 1 heterocycles. The average molecular weight is 709 g/mol. The Balaban J connectivity index is 1.12. The van der Waals surface area contributed by atoms with E-state index in [9.17, 15) is 20.1 Å². The van der Waals surface area contributed by atoms with E-state index >= 15 is 4.39 Å². The first-order valence-corrected chi connectivity index (χ1v) is 19.0. The number of aliphatic hydroxyl groups excluding tert-OH is 1. The highest BCUT2D eigenvalue weighted by Crippen LogP contribution is 2.78. The van der Waals surface area contributed by atoms with Crippen LogP contribution >= 0.6 is 23.2 Å². The zero-order valence-corrected chi connectivity index (χ0v) is 30.0. The highest BCUT2D eigenvalue weighted by atomic mass is 35.5. The zero-order valence-electron chi connectivity index (χ0n) is 28.5. The predicted octanol–water partition coefficient (Wildman–Crippen LogP) is 7.82. The molecule has 6 aliphatic carbocycles. The summed E-state index contributed by atoms with van der Waals surface area (Å²) in [4.78, 5) is 17.0. The number of carbonyl (C=O) groups is 1. The Morgan fingerprint density at radius 3 is 2.29 bits per heavy atom. The number of aliphatic hydroxyl groups is 3. The van der Waals surface area contributed by atoms with Crippen LogP contribution in [0.2, 0.25) is 10.0 Å². The molecule has 0 amide bonds. The highest BCUT2D eigenvalue weighted by molar-refractivity contribution is 6.31. The second kappa shape index (κ2) is 11.5. The first-order valence-electron chi connectivity index (χ1n) is 18.2. The lowest BCUT2D eigenvalue weighted by atomic mass is 9.32. The summed E-state index contributed by atoms with van der Waals surface area (Å²) in [6.07, 6.45) is 12.7. The van der Waals surface area contributed by atoms with Gasteiger partial charge in [0.1, 0.15) is 5.82 Å². The van der Waals surface area contributed by atoms with Crippen molar-refractivity contribution in [3.63, 3.8) is 0 Å². The number of allylic oxidation sites excluding steroid dienone is 4. The van der Waals surface area contributed by atoms with Gasteiger partial charge >= 0.3 is 0 Å². The van der Waals surface area contributed by atoms with Crippen LogP contribution < -0.4 is 0 Å². The number of Topliss-reactive ketones (excluding diaryl/α,β-unsaturated/α-hetero) is 1. The van der Waals surface area contributed by atoms with Gasteiger partial charge in [-0.1, -0.05) is 73.5 Å². The Morgan fingerprint density at radius 2 is 1.57 bits per heavy atom. The van der Waals surface area contributed by atoms with E-state index in [2.05, 4.69) is 37.0 Å². The number of fused-ring (bicyclic) bond motifs is 1. The van der Waals surface area contributed by atoms with Crippen molar-refractivity contribution < 1.29 is 24.5 Å². The molecule has 7 aliphatic rings. The second-order valence-electron chi connectivity index (χ2n) is 16.9. The van der Waals surface area contributed by atoms with Crippen molar-refractivity contribution in [1.29, 1.82) is 0 Å². The number of halogens is 3. The summed E-state index contributed by atoms with van der Waals surface area (Å²) in [5.41, 5.74) is -1.70.